The molecule has 6 nitrogen and oxygen atoms in total. The van der Waals surface area contributed by atoms with Crippen molar-refractivity contribution in [2.75, 3.05) is 7.11 Å². The standard InChI is InChI=1S/C21H22N2O4S/c1-14-3-6-17(19-13-22-21(27-19)16-7-8-16)11-20(14)28(24,25)23-12-15-4-9-18(26-2)10-5-15/h3-6,9-11,13,16,23H,7-8,12H2,1-2H3. The van der Waals surface area contributed by atoms with Crippen LogP contribution in [-0.4, -0.2) is 20.5 Å². The predicted molar refractivity (Wildman–Crippen MR) is 106 cm³/mol. The van der Waals surface area contributed by atoms with Gasteiger partial charge in [-0.2, -0.15) is 0 Å². The second-order valence-electron chi connectivity index (χ2n) is 6.99. The lowest BCUT2D eigenvalue weighted by Crippen LogP contribution is -2.24. The molecule has 0 saturated heterocycles. The molecule has 1 fully saturated rings. The zero-order chi connectivity index (χ0) is 19.7. The van der Waals surface area contributed by atoms with Gasteiger partial charge < -0.3 is 9.15 Å². The number of nitrogens with one attached hydrogen (secondary N) is 1. The molecule has 1 saturated carbocycles. The SMILES string of the molecule is COc1ccc(CNS(=O)(=O)c2cc(-c3cnc(C4CC4)o3)ccc2C)cc1. The minimum Gasteiger partial charge on any atom is -0.497 e. The maximum Gasteiger partial charge on any atom is 0.241 e. The molecule has 1 aromatic heterocycles. The van der Waals surface area contributed by atoms with Crippen molar-refractivity contribution in [2.45, 2.75) is 37.1 Å². The van der Waals surface area contributed by atoms with Crippen molar-refractivity contribution in [3.05, 3.63) is 65.7 Å². The van der Waals surface area contributed by atoms with Crippen LogP contribution in [0.3, 0.4) is 0 Å². The number of methoxy groups -OCH3 is 1. The summed E-state index contributed by atoms with van der Waals surface area (Å²) in [5.41, 5.74) is 2.23. The van der Waals surface area contributed by atoms with Crippen molar-refractivity contribution in [1.29, 1.82) is 0 Å². The average Bonchev–Trinajstić information content (AvgIpc) is 3.44. The fraction of sp³-hybridized carbons (Fsp3) is 0.286. The summed E-state index contributed by atoms with van der Waals surface area (Å²) in [7, 11) is -2.08. The molecular formula is C21H22N2O4S. The third kappa shape index (κ3) is 3.95. The van der Waals surface area contributed by atoms with E-state index in [9.17, 15) is 8.42 Å². The molecule has 0 amide bonds. The van der Waals surface area contributed by atoms with Gasteiger partial charge >= 0.3 is 0 Å². The molecule has 4 rings (SSSR count). The van der Waals surface area contributed by atoms with E-state index in [1.165, 1.54) is 0 Å². The van der Waals surface area contributed by atoms with Gasteiger partial charge in [0.15, 0.2) is 11.7 Å². The Morgan fingerprint density at radius 1 is 1.18 bits per heavy atom. The fourth-order valence-corrected chi connectivity index (χ4v) is 4.27. The van der Waals surface area contributed by atoms with Gasteiger partial charge in [-0.25, -0.2) is 18.1 Å². The topological polar surface area (TPSA) is 81.4 Å². The molecule has 28 heavy (non-hydrogen) atoms. The Kier molecular flexibility index (Phi) is 4.95. The normalized spacial score (nSPS) is 14.2. The smallest absolute Gasteiger partial charge is 0.241 e. The van der Waals surface area contributed by atoms with Crippen LogP contribution in [0.2, 0.25) is 0 Å². The van der Waals surface area contributed by atoms with Gasteiger partial charge in [0.1, 0.15) is 5.75 Å². The third-order valence-corrected chi connectivity index (χ3v) is 6.38. The first-order valence-electron chi connectivity index (χ1n) is 9.15. The van der Waals surface area contributed by atoms with Gasteiger partial charge in [-0.3, -0.25) is 0 Å². The van der Waals surface area contributed by atoms with Crippen LogP contribution in [0.25, 0.3) is 11.3 Å². The number of aromatic nitrogens is 1. The summed E-state index contributed by atoms with van der Waals surface area (Å²) < 4.78 is 39.4. The van der Waals surface area contributed by atoms with Crippen molar-refractivity contribution in [2.24, 2.45) is 0 Å². The van der Waals surface area contributed by atoms with Crippen LogP contribution >= 0.6 is 0 Å². The molecule has 3 aromatic rings. The first kappa shape index (κ1) is 18.7. The highest BCUT2D eigenvalue weighted by molar-refractivity contribution is 7.89. The number of sulfonamides is 1. The van der Waals surface area contributed by atoms with E-state index in [4.69, 9.17) is 9.15 Å². The van der Waals surface area contributed by atoms with Crippen LogP contribution in [-0.2, 0) is 16.6 Å². The first-order chi connectivity index (χ1) is 13.5. The van der Waals surface area contributed by atoms with E-state index in [0.717, 1.165) is 30.0 Å². The summed E-state index contributed by atoms with van der Waals surface area (Å²) in [6, 6.07) is 12.6. The van der Waals surface area contributed by atoms with Crippen LogP contribution in [0.15, 0.2) is 58.0 Å². The number of hydrogen-bond donors (Lipinski definition) is 1. The Balaban J connectivity index is 1.55. The minimum absolute atomic E-state index is 0.199. The van der Waals surface area contributed by atoms with Gasteiger partial charge in [0, 0.05) is 18.0 Å². The predicted octanol–water partition coefficient (Wildman–Crippen LogP) is 4.01. The molecule has 2 aromatic carbocycles. The van der Waals surface area contributed by atoms with Crippen LogP contribution in [0, 0.1) is 6.92 Å². The highest BCUT2D eigenvalue weighted by Gasteiger charge is 2.29. The van der Waals surface area contributed by atoms with Crippen LogP contribution in [0.5, 0.6) is 5.75 Å². The van der Waals surface area contributed by atoms with Crippen LogP contribution < -0.4 is 9.46 Å². The maximum absolute atomic E-state index is 12.9. The van der Waals surface area contributed by atoms with E-state index < -0.39 is 10.0 Å². The lowest BCUT2D eigenvalue weighted by atomic mass is 10.1. The Morgan fingerprint density at radius 2 is 1.93 bits per heavy atom. The van der Waals surface area contributed by atoms with E-state index in [1.54, 1.807) is 44.5 Å². The van der Waals surface area contributed by atoms with Gasteiger partial charge in [0.25, 0.3) is 0 Å². The Hall–Kier alpha value is -2.64. The number of aryl methyl sites for hydroxylation is 1. The van der Waals surface area contributed by atoms with Crippen molar-refractivity contribution in [1.82, 2.24) is 9.71 Å². The average molecular weight is 398 g/mol. The molecule has 0 aliphatic heterocycles. The molecular weight excluding hydrogens is 376 g/mol. The van der Waals surface area contributed by atoms with Crippen molar-refractivity contribution < 1.29 is 17.6 Å². The molecule has 1 aliphatic rings. The van der Waals surface area contributed by atoms with Crippen molar-refractivity contribution in [3.63, 3.8) is 0 Å². The van der Waals surface area contributed by atoms with Crippen LogP contribution in [0.1, 0.15) is 35.8 Å². The fourth-order valence-electron chi connectivity index (χ4n) is 2.98. The molecule has 0 spiro atoms. The number of ether oxygens (including phenoxy) is 1. The Bertz CT molecular complexity index is 1080. The number of benzene rings is 2. The quantitative estimate of drug-likeness (QED) is 0.650. The summed E-state index contributed by atoms with van der Waals surface area (Å²) in [5, 5.41) is 0. The molecule has 7 heteroatoms. The Morgan fingerprint density at radius 3 is 2.61 bits per heavy atom. The molecule has 1 aliphatic carbocycles. The van der Waals surface area contributed by atoms with Gasteiger partial charge in [0.05, 0.1) is 18.2 Å². The van der Waals surface area contributed by atoms with Crippen molar-refractivity contribution >= 4 is 10.0 Å². The Labute approximate surface area is 164 Å². The molecule has 146 valence electrons. The molecule has 0 bridgehead atoms. The summed E-state index contributed by atoms with van der Waals surface area (Å²) in [4.78, 5) is 4.56. The first-order valence-corrected chi connectivity index (χ1v) is 10.6. The van der Waals surface area contributed by atoms with E-state index in [-0.39, 0.29) is 11.4 Å². The summed E-state index contributed by atoms with van der Waals surface area (Å²) in [5.74, 6) is 2.47. The largest absolute Gasteiger partial charge is 0.497 e. The zero-order valence-corrected chi connectivity index (χ0v) is 16.6. The summed E-state index contributed by atoms with van der Waals surface area (Å²) in [6.45, 7) is 1.98. The summed E-state index contributed by atoms with van der Waals surface area (Å²) in [6.07, 6.45) is 3.87. The number of rotatable bonds is 7. The lowest BCUT2D eigenvalue weighted by Gasteiger charge is -2.11. The van der Waals surface area contributed by atoms with Gasteiger partial charge in [-0.1, -0.05) is 24.3 Å². The number of oxazole rings is 1. The monoisotopic (exact) mass is 398 g/mol. The molecule has 0 atom stereocenters. The van der Waals surface area contributed by atoms with E-state index in [0.29, 0.717) is 22.8 Å². The minimum atomic E-state index is -3.68. The zero-order valence-electron chi connectivity index (χ0n) is 15.8. The number of hydrogen-bond acceptors (Lipinski definition) is 5. The van der Waals surface area contributed by atoms with E-state index in [2.05, 4.69) is 9.71 Å². The third-order valence-electron chi connectivity index (χ3n) is 4.84. The highest BCUT2D eigenvalue weighted by atomic mass is 32.2. The van der Waals surface area contributed by atoms with Crippen LogP contribution in [0.4, 0.5) is 0 Å². The van der Waals surface area contributed by atoms with Gasteiger partial charge in [-0.05, 0) is 49.1 Å². The van der Waals surface area contributed by atoms with Gasteiger partial charge in [-0.15, -0.1) is 0 Å². The molecule has 1 N–H and O–H groups in total. The summed E-state index contributed by atoms with van der Waals surface area (Å²) >= 11 is 0. The van der Waals surface area contributed by atoms with Crippen molar-refractivity contribution in [3.8, 4) is 17.1 Å². The molecule has 0 radical (unpaired) electrons. The number of nitrogens with zero attached hydrogens (tertiary/aromatic N) is 1. The lowest BCUT2D eigenvalue weighted by molar-refractivity contribution is 0.414. The van der Waals surface area contributed by atoms with E-state index in [1.807, 2.05) is 18.2 Å². The molecule has 1 heterocycles. The maximum atomic E-state index is 12.9. The van der Waals surface area contributed by atoms with Gasteiger partial charge in [0.2, 0.25) is 10.0 Å². The highest BCUT2D eigenvalue weighted by Crippen LogP contribution is 2.40. The van der Waals surface area contributed by atoms with E-state index >= 15 is 0 Å². The second-order valence-corrected chi connectivity index (χ2v) is 8.73. The second kappa shape index (κ2) is 7.41. The molecule has 0 unspecified atom stereocenters.